The van der Waals surface area contributed by atoms with Crippen molar-refractivity contribution >= 4 is 23.7 Å². The number of benzene rings is 2. The molecule has 1 saturated heterocycles. The normalized spacial score (nSPS) is 25.7. The van der Waals surface area contributed by atoms with E-state index >= 15 is 0 Å². The topological polar surface area (TPSA) is 150 Å². The maximum absolute atomic E-state index is 12.2. The number of ether oxygens (including phenoxy) is 3. The maximum Gasteiger partial charge on any atom is 0.280 e. The quantitative estimate of drug-likeness (QED) is 0.266. The summed E-state index contributed by atoms with van der Waals surface area (Å²) in [5, 5.41) is 43.5. The number of hydrogen-bond acceptors (Lipinski definition) is 9. The van der Waals surface area contributed by atoms with E-state index in [9.17, 15) is 25.2 Å². The summed E-state index contributed by atoms with van der Waals surface area (Å²) >= 11 is 5.92. The van der Waals surface area contributed by atoms with Gasteiger partial charge in [-0.2, -0.15) is 5.10 Å². The number of hydrogen-bond donors (Lipinski definition) is 5. The van der Waals surface area contributed by atoms with Gasteiger partial charge in [-0.25, -0.2) is 5.43 Å². The smallest absolute Gasteiger partial charge is 0.280 e. The molecule has 0 bridgehead atoms. The number of rotatable bonds is 8. The first-order chi connectivity index (χ1) is 16.2. The number of aliphatic hydroxyl groups is 4. The highest BCUT2D eigenvalue weighted by molar-refractivity contribution is 6.30. The zero-order valence-corrected chi connectivity index (χ0v) is 19.3. The second-order valence-corrected chi connectivity index (χ2v) is 8.22. The van der Waals surface area contributed by atoms with Crippen molar-refractivity contribution < 1.29 is 39.4 Å². The van der Waals surface area contributed by atoms with Gasteiger partial charge in [-0.3, -0.25) is 4.79 Å². The highest BCUT2D eigenvalue weighted by Gasteiger charge is 2.44. The van der Waals surface area contributed by atoms with Gasteiger partial charge in [0.05, 0.1) is 12.8 Å². The average molecular weight is 495 g/mol. The van der Waals surface area contributed by atoms with Crippen LogP contribution in [-0.4, -0.2) is 76.0 Å². The molecule has 34 heavy (non-hydrogen) atoms. The first-order valence-electron chi connectivity index (χ1n) is 10.5. The lowest BCUT2D eigenvalue weighted by Crippen LogP contribution is -2.60. The Morgan fingerprint density at radius 2 is 1.88 bits per heavy atom. The minimum Gasteiger partial charge on any atom is -0.481 e. The van der Waals surface area contributed by atoms with E-state index in [1.54, 1.807) is 49.4 Å². The van der Waals surface area contributed by atoms with Crippen molar-refractivity contribution in [2.45, 2.75) is 50.7 Å². The summed E-state index contributed by atoms with van der Waals surface area (Å²) in [7, 11) is 0. The summed E-state index contributed by atoms with van der Waals surface area (Å²) in [4.78, 5) is 12.2. The summed E-state index contributed by atoms with van der Waals surface area (Å²) in [5.41, 5.74) is 3.86. The van der Waals surface area contributed by atoms with Gasteiger partial charge in [0.2, 0.25) is 6.29 Å². The van der Waals surface area contributed by atoms with E-state index in [1.165, 1.54) is 6.21 Å². The molecule has 0 radical (unpaired) electrons. The van der Waals surface area contributed by atoms with Crippen LogP contribution in [0.15, 0.2) is 47.6 Å². The standard InChI is InChI=1S/C23H27ClN2O8/c1-12-9-15(24)5-8-17(12)32-13(2)22(31)26-25-10-14-3-6-16(7-4-14)33-23-21(30)20(29)19(28)18(11-27)34-23/h3-10,13,18-21,23,27-30H,11H2,1-2H3,(H,26,31)/b25-10-/t13-,18+,19+,20-,21+,23+/m0/s1. The molecule has 0 spiro atoms. The number of nitrogens with one attached hydrogen (secondary N) is 1. The average Bonchev–Trinajstić information content (AvgIpc) is 2.82. The minimum atomic E-state index is -1.53. The molecule has 6 atom stereocenters. The van der Waals surface area contributed by atoms with Gasteiger partial charge in [0, 0.05) is 5.02 Å². The van der Waals surface area contributed by atoms with Gasteiger partial charge in [-0.05, 0) is 67.4 Å². The summed E-state index contributed by atoms with van der Waals surface area (Å²) in [5.74, 6) is 0.421. The fourth-order valence-corrected chi connectivity index (χ4v) is 3.41. The highest BCUT2D eigenvalue weighted by atomic mass is 35.5. The Balaban J connectivity index is 1.52. The molecule has 3 rings (SSSR count). The molecule has 10 nitrogen and oxygen atoms in total. The van der Waals surface area contributed by atoms with Crippen molar-refractivity contribution in [3.05, 3.63) is 58.6 Å². The van der Waals surface area contributed by atoms with Crippen LogP contribution in [0.3, 0.4) is 0 Å². The Bertz CT molecular complexity index is 1000. The first-order valence-corrected chi connectivity index (χ1v) is 10.9. The zero-order chi connectivity index (χ0) is 24.8. The lowest BCUT2D eigenvalue weighted by molar-refractivity contribution is -0.277. The number of halogens is 1. The van der Waals surface area contributed by atoms with E-state index < -0.39 is 49.3 Å². The lowest BCUT2D eigenvalue weighted by atomic mass is 9.99. The highest BCUT2D eigenvalue weighted by Crippen LogP contribution is 2.25. The molecule has 0 aromatic heterocycles. The van der Waals surface area contributed by atoms with E-state index in [1.807, 2.05) is 6.92 Å². The van der Waals surface area contributed by atoms with Crippen LogP contribution in [0.25, 0.3) is 0 Å². The molecule has 184 valence electrons. The van der Waals surface area contributed by atoms with Gasteiger partial charge in [0.25, 0.3) is 5.91 Å². The van der Waals surface area contributed by atoms with Crippen LogP contribution in [0, 0.1) is 6.92 Å². The summed E-state index contributed by atoms with van der Waals surface area (Å²) in [6.45, 7) is 2.88. The van der Waals surface area contributed by atoms with Crippen molar-refractivity contribution in [1.82, 2.24) is 5.43 Å². The molecule has 1 heterocycles. The number of aliphatic hydroxyl groups excluding tert-OH is 4. The van der Waals surface area contributed by atoms with E-state index in [0.717, 1.165) is 5.56 Å². The van der Waals surface area contributed by atoms with Gasteiger partial charge in [-0.15, -0.1) is 0 Å². The van der Waals surface area contributed by atoms with Crippen molar-refractivity contribution in [2.75, 3.05) is 6.61 Å². The summed E-state index contributed by atoms with van der Waals surface area (Å²) < 4.78 is 16.5. The second kappa shape index (κ2) is 11.6. The summed E-state index contributed by atoms with van der Waals surface area (Å²) in [6.07, 6.45) is -6.19. The molecule has 1 aliphatic rings. The predicted octanol–water partition coefficient (Wildman–Crippen LogP) is 0.745. The zero-order valence-electron chi connectivity index (χ0n) is 18.5. The Kier molecular flexibility index (Phi) is 8.84. The number of amides is 1. The molecule has 11 heteroatoms. The molecule has 1 fully saturated rings. The molecule has 0 aliphatic carbocycles. The molecule has 2 aromatic carbocycles. The number of carbonyl (C=O) groups is 1. The molecule has 1 amide bonds. The minimum absolute atomic E-state index is 0.311. The monoisotopic (exact) mass is 494 g/mol. The van der Waals surface area contributed by atoms with Crippen LogP contribution in [0.1, 0.15) is 18.1 Å². The molecular formula is C23H27ClN2O8. The second-order valence-electron chi connectivity index (χ2n) is 7.79. The van der Waals surface area contributed by atoms with Crippen molar-refractivity contribution in [3.8, 4) is 11.5 Å². The molecule has 5 N–H and O–H groups in total. The lowest BCUT2D eigenvalue weighted by Gasteiger charge is -2.39. The predicted molar refractivity (Wildman–Crippen MR) is 123 cm³/mol. The van der Waals surface area contributed by atoms with E-state index in [4.69, 9.17) is 25.8 Å². The van der Waals surface area contributed by atoms with Crippen molar-refractivity contribution in [1.29, 1.82) is 0 Å². The fraction of sp³-hybridized carbons (Fsp3) is 0.391. The molecule has 0 unspecified atom stereocenters. The van der Waals surface area contributed by atoms with Crippen LogP contribution in [0.2, 0.25) is 5.02 Å². The Morgan fingerprint density at radius 1 is 1.18 bits per heavy atom. The van der Waals surface area contributed by atoms with Crippen LogP contribution in [0.5, 0.6) is 11.5 Å². The fourth-order valence-electron chi connectivity index (χ4n) is 3.18. The van der Waals surface area contributed by atoms with Crippen LogP contribution < -0.4 is 14.9 Å². The van der Waals surface area contributed by atoms with Gasteiger partial charge in [-0.1, -0.05) is 11.6 Å². The molecular weight excluding hydrogens is 468 g/mol. The summed E-state index contributed by atoms with van der Waals surface area (Å²) in [6, 6.07) is 11.5. The SMILES string of the molecule is Cc1cc(Cl)ccc1O[C@@H](C)C(=O)N/N=C\c1ccc(O[C@@H]2O[C@H](CO)[C@@H](O)[C@H](O)[C@H]2O)cc1. The number of nitrogens with zero attached hydrogens (tertiary/aromatic N) is 1. The number of carbonyl (C=O) groups excluding carboxylic acids is 1. The van der Waals surface area contributed by atoms with E-state index in [2.05, 4.69) is 10.5 Å². The van der Waals surface area contributed by atoms with Crippen molar-refractivity contribution in [2.24, 2.45) is 5.10 Å². The van der Waals surface area contributed by atoms with Gasteiger partial charge in [0.15, 0.2) is 6.10 Å². The molecule has 2 aromatic rings. The van der Waals surface area contributed by atoms with Crippen LogP contribution >= 0.6 is 11.6 Å². The Morgan fingerprint density at radius 3 is 2.53 bits per heavy atom. The molecule has 1 aliphatic heterocycles. The first kappa shape index (κ1) is 25.9. The number of aryl methyl sites for hydroxylation is 1. The van der Waals surface area contributed by atoms with Gasteiger partial charge < -0.3 is 34.6 Å². The maximum atomic E-state index is 12.2. The largest absolute Gasteiger partial charge is 0.481 e. The van der Waals surface area contributed by atoms with E-state index in [-0.39, 0.29) is 0 Å². The number of hydrazone groups is 1. The third-order valence-electron chi connectivity index (χ3n) is 5.18. The third-order valence-corrected chi connectivity index (χ3v) is 5.41. The van der Waals surface area contributed by atoms with Crippen LogP contribution in [0.4, 0.5) is 0 Å². The molecule has 0 saturated carbocycles. The van der Waals surface area contributed by atoms with Crippen LogP contribution in [-0.2, 0) is 9.53 Å². The Hall–Kier alpha value is -2.73. The Labute approximate surface area is 201 Å². The van der Waals surface area contributed by atoms with Gasteiger partial charge in [0.1, 0.15) is 35.9 Å². The third kappa shape index (κ3) is 6.44. The van der Waals surface area contributed by atoms with Gasteiger partial charge >= 0.3 is 0 Å². The van der Waals surface area contributed by atoms with E-state index in [0.29, 0.717) is 22.1 Å². The van der Waals surface area contributed by atoms with Crippen molar-refractivity contribution in [3.63, 3.8) is 0 Å².